The molecule has 1 aliphatic rings. The van der Waals surface area contributed by atoms with Crippen LogP contribution in [0.1, 0.15) is 11.8 Å². The number of nitrogens with one attached hydrogen (secondary N) is 1. The molecule has 1 aliphatic heterocycles. The number of fused-ring (bicyclic) bond motifs is 3. The van der Waals surface area contributed by atoms with E-state index in [1.54, 1.807) is 13.2 Å². The highest BCUT2D eigenvalue weighted by molar-refractivity contribution is 9.10. The zero-order valence-corrected chi connectivity index (χ0v) is 17.5. The molecule has 0 spiro atoms. The summed E-state index contributed by atoms with van der Waals surface area (Å²) in [5, 5.41) is 12.6. The highest BCUT2D eigenvalue weighted by Gasteiger charge is 2.27. The second-order valence-corrected chi connectivity index (χ2v) is 7.76. The lowest BCUT2D eigenvalue weighted by molar-refractivity contribution is 0.224. The first-order chi connectivity index (χ1) is 13.7. The van der Waals surface area contributed by atoms with Crippen LogP contribution in [0.2, 0.25) is 0 Å². The molecule has 1 aromatic heterocycles. The van der Waals surface area contributed by atoms with E-state index in [-0.39, 0.29) is 0 Å². The lowest BCUT2D eigenvalue weighted by atomic mass is 10.1. The van der Waals surface area contributed by atoms with E-state index in [4.69, 9.17) is 9.47 Å². The molecular formula is C20H17BrN4O2S. The van der Waals surface area contributed by atoms with E-state index in [0.29, 0.717) is 22.5 Å². The lowest BCUT2D eigenvalue weighted by Crippen LogP contribution is -2.17. The van der Waals surface area contributed by atoms with E-state index < -0.39 is 6.23 Å². The van der Waals surface area contributed by atoms with E-state index in [2.05, 4.69) is 43.0 Å². The van der Waals surface area contributed by atoms with E-state index in [1.807, 2.05) is 42.5 Å². The molecule has 0 radical (unpaired) electrons. The summed E-state index contributed by atoms with van der Waals surface area (Å²) in [6.07, 6.45) is 1.31. The Balaban J connectivity index is 1.82. The Morgan fingerprint density at radius 2 is 2.14 bits per heavy atom. The van der Waals surface area contributed by atoms with Crippen LogP contribution in [0.4, 0.5) is 5.69 Å². The molecule has 6 nitrogen and oxygen atoms in total. The van der Waals surface area contributed by atoms with Crippen molar-refractivity contribution in [3.63, 3.8) is 0 Å². The van der Waals surface area contributed by atoms with E-state index in [9.17, 15) is 0 Å². The van der Waals surface area contributed by atoms with Crippen molar-refractivity contribution in [1.29, 1.82) is 0 Å². The van der Waals surface area contributed by atoms with Gasteiger partial charge < -0.3 is 14.8 Å². The fraction of sp³-hybridized carbons (Fsp3) is 0.150. The second kappa shape index (κ2) is 8.20. The quantitative estimate of drug-likeness (QED) is 0.423. The van der Waals surface area contributed by atoms with Crippen LogP contribution >= 0.6 is 27.7 Å². The van der Waals surface area contributed by atoms with Gasteiger partial charge in [0.15, 0.2) is 11.9 Å². The zero-order chi connectivity index (χ0) is 19.5. The minimum atomic E-state index is -0.485. The van der Waals surface area contributed by atoms with Gasteiger partial charge in [0.25, 0.3) is 0 Å². The molecule has 0 aliphatic carbocycles. The van der Waals surface area contributed by atoms with E-state index in [1.165, 1.54) is 11.8 Å². The Labute approximate surface area is 175 Å². The van der Waals surface area contributed by atoms with Crippen LogP contribution in [0.3, 0.4) is 0 Å². The first-order valence-corrected chi connectivity index (χ1v) is 10.3. The number of anilines is 1. The average Bonchev–Trinajstić information content (AvgIpc) is 2.89. The molecule has 3 aromatic rings. The largest absolute Gasteiger partial charge is 0.497 e. The van der Waals surface area contributed by atoms with Gasteiger partial charge in [0.2, 0.25) is 11.0 Å². The van der Waals surface area contributed by atoms with Crippen LogP contribution in [0.5, 0.6) is 11.6 Å². The first kappa shape index (κ1) is 18.8. The Kier molecular flexibility index (Phi) is 5.50. The predicted molar refractivity (Wildman–Crippen MR) is 114 cm³/mol. The van der Waals surface area contributed by atoms with Gasteiger partial charge in [0.05, 0.1) is 7.11 Å². The molecule has 0 saturated carbocycles. The molecule has 142 valence electrons. The maximum Gasteiger partial charge on any atom is 0.247 e. The van der Waals surface area contributed by atoms with Gasteiger partial charge in [0, 0.05) is 27.0 Å². The van der Waals surface area contributed by atoms with Gasteiger partial charge in [-0.05, 0) is 24.3 Å². The van der Waals surface area contributed by atoms with Crippen molar-refractivity contribution in [3.8, 4) is 22.9 Å². The number of hydrogen-bond acceptors (Lipinski definition) is 7. The Morgan fingerprint density at radius 1 is 1.29 bits per heavy atom. The third kappa shape index (κ3) is 3.70. The number of hydrogen-bond donors (Lipinski definition) is 1. The summed E-state index contributed by atoms with van der Waals surface area (Å²) < 4.78 is 12.6. The summed E-state index contributed by atoms with van der Waals surface area (Å²) in [5.41, 5.74) is 3.27. The zero-order valence-electron chi connectivity index (χ0n) is 15.1. The molecule has 1 atom stereocenters. The third-order valence-electron chi connectivity index (χ3n) is 4.15. The first-order valence-electron chi connectivity index (χ1n) is 8.54. The number of methoxy groups -OCH3 is 1. The maximum atomic E-state index is 6.28. The standard InChI is InChI=1S/C20H17BrN4O2S/c1-3-10-28-20-23-19-17(24-25-20)13-6-4-5-7-16(13)22-18(27-19)14-11-12(26-2)8-9-15(14)21/h3-9,11,18,22H,1,10H2,2H3. The molecule has 4 rings (SSSR count). The summed E-state index contributed by atoms with van der Waals surface area (Å²) in [5.74, 6) is 1.86. The smallest absolute Gasteiger partial charge is 0.247 e. The highest BCUT2D eigenvalue weighted by Crippen LogP contribution is 2.41. The molecule has 1 N–H and O–H groups in total. The van der Waals surface area contributed by atoms with Crippen molar-refractivity contribution in [2.24, 2.45) is 0 Å². The molecule has 0 saturated heterocycles. The minimum Gasteiger partial charge on any atom is -0.497 e. The van der Waals surface area contributed by atoms with Crippen LogP contribution in [0.25, 0.3) is 11.3 Å². The van der Waals surface area contributed by atoms with Crippen LogP contribution < -0.4 is 14.8 Å². The monoisotopic (exact) mass is 456 g/mol. The van der Waals surface area contributed by atoms with Gasteiger partial charge in [-0.1, -0.05) is 52.0 Å². The summed E-state index contributed by atoms with van der Waals surface area (Å²) in [4.78, 5) is 4.59. The minimum absolute atomic E-state index is 0.429. The highest BCUT2D eigenvalue weighted by atomic mass is 79.9. The van der Waals surface area contributed by atoms with E-state index >= 15 is 0 Å². The van der Waals surface area contributed by atoms with Crippen LogP contribution in [0.15, 0.2) is 64.7 Å². The van der Waals surface area contributed by atoms with Gasteiger partial charge in [-0.3, -0.25) is 0 Å². The normalized spacial score (nSPS) is 14.7. The molecule has 28 heavy (non-hydrogen) atoms. The van der Waals surface area contributed by atoms with Gasteiger partial charge in [-0.15, -0.1) is 16.8 Å². The molecule has 2 heterocycles. The van der Waals surface area contributed by atoms with Gasteiger partial charge in [0.1, 0.15) is 5.75 Å². The molecule has 0 amide bonds. The lowest BCUT2D eigenvalue weighted by Gasteiger charge is -2.21. The molecular weight excluding hydrogens is 440 g/mol. The summed E-state index contributed by atoms with van der Waals surface area (Å²) in [7, 11) is 1.64. The summed E-state index contributed by atoms with van der Waals surface area (Å²) in [6.45, 7) is 3.73. The van der Waals surface area contributed by atoms with Crippen molar-refractivity contribution in [1.82, 2.24) is 15.2 Å². The number of ether oxygens (including phenoxy) is 2. The van der Waals surface area contributed by atoms with Crippen molar-refractivity contribution < 1.29 is 9.47 Å². The maximum absolute atomic E-state index is 6.28. The number of nitrogens with zero attached hydrogens (tertiary/aromatic N) is 3. The number of aromatic nitrogens is 3. The van der Waals surface area contributed by atoms with Crippen molar-refractivity contribution in [3.05, 3.63) is 65.2 Å². The number of thioether (sulfide) groups is 1. The van der Waals surface area contributed by atoms with Crippen molar-refractivity contribution in [2.75, 3.05) is 18.2 Å². The topological polar surface area (TPSA) is 69.2 Å². The van der Waals surface area contributed by atoms with Crippen LogP contribution in [-0.4, -0.2) is 28.0 Å². The van der Waals surface area contributed by atoms with Crippen molar-refractivity contribution in [2.45, 2.75) is 11.4 Å². The van der Waals surface area contributed by atoms with Crippen molar-refractivity contribution >= 4 is 33.4 Å². The Hall–Kier alpha value is -2.58. The second-order valence-electron chi connectivity index (χ2n) is 5.92. The SMILES string of the molecule is C=CCSc1nnc2c(n1)OC(c1cc(OC)ccc1Br)Nc1ccccc1-2. The fourth-order valence-corrected chi connectivity index (χ4v) is 3.80. The number of halogens is 1. The molecule has 0 fully saturated rings. The summed E-state index contributed by atoms with van der Waals surface area (Å²) >= 11 is 5.07. The predicted octanol–water partition coefficient (Wildman–Crippen LogP) is 5.09. The molecule has 8 heteroatoms. The fourth-order valence-electron chi connectivity index (χ4n) is 2.83. The Bertz CT molecular complexity index is 1030. The van der Waals surface area contributed by atoms with Gasteiger partial charge in [-0.2, -0.15) is 4.98 Å². The van der Waals surface area contributed by atoms with Gasteiger partial charge in [-0.25, -0.2) is 0 Å². The number of benzene rings is 2. The van der Waals surface area contributed by atoms with Gasteiger partial charge >= 0.3 is 0 Å². The Morgan fingerprint density at radius 3 is 2.96 bits per heavy atom. The van der Waals surface area contributed by atoms with Crippen LogP contribution in [-0.2, 0) is 0 Å². The van der Waals surface area contributed by atoms with E-state index in [0.717, 1.165) is 27.0 Å². The molecule has 0 bridgehead atoms. The molecule has 1 unspecified atom stereocenters. The average molecular weight is 457 g/mol. The number of rotatable bonds is 5. The number of para-hydroxylation sites is 1. The third-order valence-corrected chi connectivity index (χ3v) is 5.71. The van der Waals surface area contributed by atoms with Crippen LogP contribution in [0, 0.1) is 0 Å². The summed E-state index contributed by atoms with van der Waals surface area (Å²) in [6, 6.07) is 13.6. The molecule has 2 aromatic carbocycles.